The second-order valence-corrected chi connectivity index (χ2v) is 4.81. The Morgan fingerprint density at radius 3 is 2.62 bits per heavy atom. The summed E-state index contributed by atoms with van der Waals surface area (Å²) in [6.45, 7) is 3.38. The van der Waals surface area contributed by atoms with Crippen molar-refractivity contribution in [1.82, 2.24) is 14.9 Å². The molecular formula is C16H19N3O2. The summed E-state index contributed by atoms with van der Waals surface area (Å²) < 4.78 is 5.57. The Morgan fingerprint density at radius 1 is 1.19 bits per heavy atom. The molecule has 0 unspecified atom stereocenters. The van der Waals surface area contributed by atoms with Gasteiger partial charge in [0.1, 0.15) is 5.69 Å². The third-order valence-electron chi connectivity index (χ3n) is 3.03. The molecule has 0 radical (unpaired) electrons. The Balaban J connectivity index is 1.75. The normalized spacial score (nSPS) is 10.4. The fourth-order valence-corrected chi connectivity index (χ4v) is 1.77. The zero-order valence-electron chi connectivity index (χ0n) is 12.3. The molecule has 0 aliphatic carbocycles. The van der Waals surface area contributed by atoms with Gasteiger partial charge >= 0.3 is 0 Å². The summed E-state index contributed by atoms with van der Waals surface area (Å²) in [7, 11) is 1.73. The number of likely N-dealkylation sites (N-methyl/N-ethyl adjacent to an activating group) is 1. The van der Waals surface area contributed by atoms with E-state index in [1.54, 1.807) is 18.1 Å². The molecule has 21 heavy (non-hydrogen) atoms. The first kappa shape index (κ1) is 15.1. The van der Waals surface area contributed by atoms with E-state index in [2.05, 4.69) is 9.97 Å². The number of benzene rings is 1. The lowest BCUT2D eigenvalue weighted by Crippen LogP contribution is -2.30. The van der Waals surface area contributed by atoms with Gasteiger partial charge in [0.15, 0.2) is 0 Å². The highest BCUT2D eigenvalue weighted by Gasteiger charge is 2.12. The Labute approximate surface area is 124 Å². The van der Waals surface area contributed by atoms with Gasteiger partial charge in [-0.25, -0.2) is 4.98 Å². The summed E-state index contributed by atoms with van der Waals surface area (Å²) in [6.07, 6.45) is 3.09. The van der Waals surface area contributed by atoms with Crippen molar-refractivity contribution < 1.29 is 9.53 Å². The zero-order chi connectivity index (χ0) is 15.1. The summed E-state index contributed by atoms with van der Waals surface area (Å²) in [5.74, 6) is -0.147. The predicted molar refractivity (Wildman–Crippen MR) is 79.8 cm³/mol. The van der Waals surface area contributed by atoms with Gasteiger partial charge in [-0.2, -0.15) is 0 Å². The third-order valence-corrected chi connectivity index (χ3v) is 3.03. The molecule has 0 N–H and O–H groups in total. The highest BCUT2D eigenvalue weighted by atomic mass is 16.5. The molecular weight excluding hydrogens is 266 g/mol. The molecule has 0 aliphatic rings. The maximum absolute atomic E-state index is 12.1. The van der Waals surface area contributed by atoms with Gasteiger partial charge in [-0.1, -0.05) is 30.3 Å². The minimum Gasteiger partial charge on any atom is -0.375 e. The smallest absolute Gasteiger partial charge is 0.273 e. The molecule has 2 aromatic rings. The van der Waals surface area contributed by atoms with E-state index >= 15 is 0 Å². The Bertz CT molecular complexity index is 570. The number of carbonyl (C=O) groups is 1. The Morgan fingerprint density at radius 2 is 1.95 bits per heavy atom. The maximum Gasteiger partial charge on any atom is 0.273 e. The molecule has 5 heteroatoms. The molecule has 0 saturated carbocycles. The van der Waals surface area contributed by atoms with E-state index in [4.69, 9.17) is 4.74 Å². The van der Waals surface area contributed by atoms with Crippen LogP contribution in [0.4, 0.5) is 0 Å². The number of carbonyl (C=O) groups excluding carboxylic acids is 1. The van der Waals surface area contributed by atoms with Crippen molar-refractivity contribution in [2.75, 3.05) is 20.2 Å². The number of rotatable bonds is 6. The van der Waals surface area contributed by atoms with E-state index < -0.39 is 0 Å². The summed E-state index contributed by atoms with van der Waals surface area (Å²) in [5.41, 5.74) is 2.27. The van der Waals surface area contributed by atoms with Gasteiger partial charge in [0, 0.05) is 19.8 Å². The summed E-state index contributed by atoms with van der Waals surface area (Å²) >= 11 is 0. The quantitative estimate of drug-likeness (QED) is 0.762. The monoisotopic (exact) mass is 285 g/mol. The summed E-state index contributed by atoms with van der Waals surface area (Å²) in [5, 5.41) is 0. The minimum absolute atomic E-state index is 0.147. The molecule has 0 aliphatic heterocycles. The van der Waals surface area contributed by atoms with Gasteiger partial charge in [-0.15, -0.1) is 0 Å². The van der Waals surface area contributed by atoms with Crippen molar-refractivity contribution in [3.05, 3.63) is 59.7 Å². The van der Waals surface area contributed by atoms with Crippen molar-refractivity contribution in [2.24, 2.45) is 0 Å². The molecule has 1 amide bonds. The highest BCUT2D eigenvalue weighted by molar-refractivity contribution is 5.91. The lowest BCUT2D eigenvalue weighted by Gasteiger charge is -2.16. The molecule has 1 aromatic carbocycles. The fraction of sp³-hybridized carbons (Fsp3) is 0.312. The van der Waals surface area contributed by atoms with Crippen LogP contribution in [0.25, 0.3) is 0 Å². The van der Waals surface area contributed by atoms with Gasteiger partial charge in [-0.05, 0) is 12.5 Å². The van der Waals surface area contributed by atoms with Crippen molar-refractivity contribution in [1.29, 1.82) is 0 Å². The highest BCUT2D eigenvalue weighted by Crippen LogP contribution is 2.02. The van der Waals surface area contributed by atoms with E-state index in [0.717, 1.165) is 11.3 Å². The van der Waals surface area contributed by atoms with Gasteiger partial charge in [0.25, 0.3) is 5.91 Å². The van der Waals surface area contributed by atoms with Crippen LogP contribution in [-0.2, 0) is 11.3 Å². The van der Waals surface area contributed by atoms with Gasteiger partial charge in [-0.3, -0.25) is 9.78 Å². The molecule has 1 aromatic heterocycles. The maximum atomic E-state index is 12.1. The molecule has 5 nitrogen and oxygen atoms in total. The van der Waals surface area contributed by atoms with E-state index in [1.165, 1.54) is 6.20 Å². The molecule has 0 fully saturated rings. The van der Waals surface area contributed by atoms with Crippen LogP contribution < -0.4 is 0 Å². The number of hydrogen-bond acceptors (Lipinski definition) is 4. The Hall–Kier alpha value is -2.27. The van der Waals surface area contributed by atoms with Gasteiger partial charge in [0.05, 0.1) is 25.1 Å². The van der Waals surface area contributed by atoms with Crippen molar-refractivity contribution in [3.63, 3.8) is 0 Å². The van der Waals surface area contributed by atoms with Crippen LogP contribution in [0.1, 0.15) is 21.7 Å². The zero-order valence-corrected chi connectivity index (χ0v) is 12.3. The van der Waals surface area contributed by atoms with Crippen LogP contribution in [0.15, 0.2) is 42.7 Å². The van der Waals surface area contributed by atoms with Crippen LogP contribution in [0, 0.1) is 6.92 Å². The Kier molecular flexibility index (Phi) is 5.40. The van der Waals surface area contributed by atoms with E-state index in [-0.39, 0.29) is 5.91 Å². The predicted octanol–water partition coefficient (Wildman–Crippen LogP) is 2.07. The minimum atomic E-state index is -0.147. The first-order valence-electron chi connectivity index (χ1n) is 6.82. The molecule has 2 rings (SSSR count). The van der Waals surface area contributed by atoms with Crippen LogP contribution in [0.3, 0.4) is 0 Å². The van der Waals surface area contributed by atoms with Crippen molar-refractivity contribution in [3.8, 4) is 0 Å². The van der Waals surface area contributed by atoms with E-state index in [1.807, 2.05) is 37.3 Å². The number of aryl methyl sites for hydroxylation is 1. The third kappa shape index (κ3) is 4.65. The molecule has 1 heterocycles. The average Bonchev–Trinajstić information content (AvgIpc) is 2.52. The topological polar surface area (TPSA) is 55.3 Å². The molecule has 0 spiro atoms. The standard InChI is InChI=1S/C16H19N3O2/c1-13-10-18-15(11-17-13)16(20)19(2)8-9-21-12-14-6-4-3-5-7-14/h3-7,10-11H,8-9,12H2,1-2H3. The lowest BCUT2D eigenvalue weighted by atomic mass is 10.2. The second kappa shape index (κ2) is 7.50. The van der Waals surface area contributed by atoms with Crippen LogP contribution in [0.5, 0.6) is 0 Å². The van der Waals surface area contributed by atoms with Gasteiger partial charge in [0.2, 0.25) is 0 Å². The first-order chi connectivity index (χ1) is 10.2. The van der Waals surface area contributed by atoms with Crippen LogP contribution >= 0.6 is 0 Å². The van der Waals surface area contributed by atoms with E-state index in [0.29, 0.717) is 25.5 Å². The largest absolute Gasteiger partial charge is 0.375 e. The number of hydrogen-bond donors (Lipinski definition) is 0. The molecule has 110 valence electrons. The second-order valence-electron chi connectivity index (χ2n) is 4.81. The lowest BCUT2D eigenvalue weighted by molar-refractivity contribution is 0.0665. The average molecular weight is 285 g/mol. The SMILES string of the molecule is Cc1cnc(C(=O)N(C)CCOCc2ccccc2)cn1. The number of nitrogens with zero attached hydrogens (tertiary/aromatic N) is 3. The summed E-state index contributed by atoms with van der Waals surface area (Å²) in [4.78, 5) is 21.8. The van der Waals surface area contributed by atoms with Crippen LogP contribution in [-0.4, -0.2) is 41.0 Å². The fourth-order valence-electron chi connectivity index (χ4n) is 1.77. The van der Waals surface area contributed by atoms with Crippen molar-refractivity contribution in [2.45, 2.75) is 13.5 Å². The number of ether oxygens (including phenoxy) is 1. The summed E-state index contributed by atoms with van der Waals surface area (Å²) in [6, 6.07) is 9.95. The van der Waals surface area contributed by atoms with Crippen LogP contribution in [0.2, 0.25) is 0 Å². The number of amides is 1. The molecule has 0 atom stereocenters. The van der Waals surface area contributed by atoms with E-state index in [9.17, 15) is 4.79 Å². The molecule has 0 bridgehead atoms. The van der Waals surface area contributed by atoms with Crippen molar-refractivity contribution >= 4 is 5.91 Å². The van der Waals surface area contributed by atoms with Gasteiger partial charge < -0.3 is 9.64 Å². The first-order valence-corrected chi connectivity index (χ1v) is 6.82. The molecule has 0 saturated heterocycles. The number of aromatic nitrogens is 2.